The van der Waals surface area contributed by atoms with Crippen molar-refractivity contribution in [2.24, 2.45) is 0 Å². The molecule has 6 heteroatoms. The summed E-state index contributed by atoms with van der Waals surface area (Å²) in [4.78, 5) is 35.3. The summed E-state index contributed by atoms with van der Waals surface area (Å²) in [7, 11) is 0. The molecule has 1 saturated carbocycles. The predicted octanol–water partition coefficient (Wildman–Crippen LogP) is 2.96. The molecule has 6 nitrogen and oxygen atoms in total. The Bertz CT molecular complexity index is 619. The largest absolute Gasteiger partial charge is 0.452 e. The average molecular weight is 360 g/mol. The predicted molar refractivity (Wildman–Crippen MR) is 99.6 cm³/mol. The molecule has 2 N–H and O–H groups in total. The molecule has 1 aliphatic rings. The molecular formula is C20H28N2O4. The Labute approximate surface area is 154 Å². The lowest BCUT2D eigenvalue weighted by molar-refractivity contribution is -0.154. The van der Waals surface area contributed by atoms with Crippen molar-refractivity contribution in [3.8, 4) is 0 Å². The maximum Gasteiger partial charge on any atom is 0.311 e. The normalized spacial score (nSPS) is 16.2. The monoisotopic (exact) mass is 360 g/mol. The molecule has 0 spiro atoms. The zero-order valence-electron chi connectivity index (χ0n) is 15.5. The second kappa shape index (κ2) is 9.94. The minimum Gasteiger partial charge on any atom is -0.452 e. The number of amides is 2. The average Bonchev–Trinajstić information content (AvgIpc) is 2.84. The van der Waals surface area contributed by atoms with Crippen molar-refractivity contribution in [2.45, 2.75) is 70.9 Å². The van der Waals surface area contributed by atoms with Gasteiger partial charge in [0.2, 0.25) is 5.91 Å². The minimum atomic E-state index is -0.801. The van der Waals surface area contributed by atoms with Gasteiger partial charge in [0.1, 0.15) is 0 Å². The number of anilines is 1. The molecule has 0 aromatic heterocycles. The first-order chi connectivity index (χ1) is 12.4. The Hall–Kier alpha value is -2.37. The molecule has 142 valence electrons. The zero-order chi connectivity index (χ0) is 18.9. The van der Waals surface area contributed by atoms with Crippen molar-refractivity contribution in [3.05, 3.63) is 29.8 Å². The summed E-state index contributed by atoms with van der Waals surface area (Å²) >= 11 is 0. The molecule has 2 rings (SSSR count). The Kier molecular flexibility index (Phi) is 7.63. The molecule has 1 aliphatic carbocycles. The van der Waals surface area contributed by atoms with E-state index in [1.807, 2.05) is 0 Å². The van der Waals surface area contributed by atoms with E-state index in [-0.39, 0.29) is 24.3 Å². The van der Waals surface area contributed by atoms with Gasteiger partial charge in [0.25, 0.3) is 5.91 Å². The lowest BCUT2D eigenvalue weighted by Crippen LogP contribution is -2.42. The van der Waals surface area contributed by atoms with Gasteiger partial charge in [-0.1, -0.05) is 37.8 Å². The van der Waals surface area contributed by atoms with Gasteiger partial charge < -0.3 is 15.4 Å². The second-order valence-corrected chi connectivity index (χ2v) is 6.88. The summed E-state index contributed by atoms with van der Waals surface area (Å²) in [6, 6.07) is 7.15. The van der Waals surface area contributed by atoms with Crippen LogP contribution in [0.25, 0.3) is 0 Å². The van der Waals surface area contributed by atoms with Crippen LogP contribution in [0, 0.1) is 0 Å². The first-order valence-corrected chi connectivity index (χ1v) is 9.30. The van der Waals surface area contributed by atoms with Gasteiger partial charge in [0.15, 0.2) is 6.10 Å². The number of hydrogen-bond donors (Lipinski definition) is 2. The van der Waals surface area contributed by atoms with Crippen LogP contribution in [0.4, 0.5) is 5.69 Å². The Morgan fingerprint density at radius 2 is 1.69 bits per heavy atom. The first kappa shape index (κ1) is 19.9. The standard InChI is InChI=1S/C20H28N2O4/c1-14(20(25)22-17-7-5-3-4-6-8-17)26-19(24)13-16-9-11-18(12-10-16)21-15(2)23/h9-12,14,17H,3-8,13H2,1-2H3,(H,21,23)(H,22,25)/t14-/m1/s1. The van der Waals surface area contributed by atoms with E-state index in [0.717, 1.165) is 31.2 Å². The Morgan fingerprint density at radius 1 is 1.08 bits per heavy atom. The molecule has 26 heavy (non-hydrogen) atoms. The molecule has 1 fully saturated rings. The number of nitrogens with one attached hydrogen (secondary N) is 2. The van der Waals surface area contributed by atoms with Crippen LogP contribution in [0.3, 0.4) is 0 Å². The van der Waals surface area contributed by atoms with E-state index in [1.165, 1.54) is 19.8 Å². The van der Waals surface area contributed by atoms with Gasteiger partial charge in [0.05, 0.1) is 6.42 Å². The number of rotatable bonds is 6. The molecule has 0 unspecified atom stereocenters. The highest BCUT2D eigenvalue weighted by Crippen LogP contribution is 2.17. The van der Waals surface area contributed by atoms with Crippen LogP contribution in [0.1, 0.15) is 57.9 Å². The smallest absolute Gasteiger partial charge is 0.311 e. The van der Waals surface area contributed by atoms with E-state index in [0.29, 0.717) is 5.69 Å². The molecule has 0 radical (unpaired) electrons. The fraction of sp³-hybridized carbons (Fsp3) is 0.550. The number of carbonyl (C=O) groups is 3. The van der Waals surface area contributed by atoms with Gasteiger partial charge in [-0.25, -0.2) is 0 Å². The number of hydrogen-bond acceptors (Lipinski definition) is 4. The van der Waals surface area contributed by atoms with Crippen LogP contribution in [0.5, 0.6) is 0 Å². The highest BCUT2D eigenvalue weighted by molar-refractivity contribution is 5.88. The Morgan fingerprint density at radius 3 is 2.27 bits per heavy atom. The molecule has 1 aromatic rings. The molecular weight excluding hydrogens is 332 g/mol. The van der Waals surface area contributed by atoms with Crippen LogP contribution < -0.4 is 10.6 Å². The van der Waals surface area contributed by atoms with Crippen LogP contribution in [-0.4, -0.2) is 29.9 Å². The van der Waals surface area contributed by atoms with Gasteiger partial charge in [-0.2, -0.15) is 0 Å². The molecule has 2 amide bonds. The van der Waals surface area contributed by atoms with E-state index in [4.69, 9.17) is 4.74 Å². The SMILES string of the molecule is CC(=O)Nc1ccc(CC(=O)O[C@H](C)C(=O)NC2CCCCCC2)cc1. The fourth-order valence-electron chi connectivity index (χ4n) is 3.11. The lowest BCUT2D eigenvalue weighted by Gasteiger charge is -2.19. The summed E-state index contributed by atoms with van der Waals surface area (Å²) in [6.07, 6.45) is 5.97. The van der Waals surface area contributed by atoms with Crippen LogP contribution in [0.2, 0.25) is 0 Å². The highest BCUT2D eigenvalue weighted by Gasteiger charge is 2.21. The molecule has 0 saturated heterocycles. The summed E-state index contributed by atoms with van der Waals surface area (Å²) in [5, 5.41) is 5.66. The van der Waals surface area contributed by atoms with Crippen LogP contribution in [0.15, 0.2) is 24.3 Å². The number of benzene rings is 1. The number of ether oxygens (including phenoxy) is 1. The van der Waals surface area contributed by atoms with Crippen molar-refractivity contribution in [1.82, 2.24) is 5.32 Å². The highest BCUT2D eigenvalue weighted by atomic mass is 16.5. The first-order valence-electron chi connectivity index (χ1n) is 9.30. The third-order valence-corrected chi connectivity index (χ3v) is 4.50. The topological polar surface area (TPSA) is 84.5 Å². The lowest BCUT2D eigenvalue weighted by atomic mass is 10.1. The van der Waals surface area contributed by atoms with Crippen molar-refractivity contribution in [1.29, 1.82) is 0 Å². The number of carbonyl (C=O) groups excluding carboxylic acids is 3. The Balaban J connectivity index is 1.78. The molecule has 0 bridgehead atoms. The maximum atomic E-state index is 12.2. The van der Waals surface area contributed by atoms with E-state index in [2.05, 4.69) is 10.6 Å². The van der Waals surface area contributed by atoms with Crippen molar-refractivity contribution in [3.63, 3.8) is 0 Å². The summed E-state index contributed by atoms with van der Waals surface area (Å²) in [5.41, 5.74) is 1.44. The molecule has 0 heterocycles. The summed E-state index contributed by atoms with van der Waals surface area (Å²) in [5.74, 6) is -0.822. The van der Waals surface area contributed by atoms with Gasteiger partial charge in [0, 0.05) is 18.7 Å². The van der Waals surface area contributed by atoms with E-state index < -0.39 is 12.1 Å². The fourth-order valence-corrected chi connectivity index (χ4v) is 3.11. The third-order valence-electron chi connectivity index (χ3n) is 4.50. The molecule has 1 aromatic carbocycles. The minimum absolute atomic E-state index is 0.0847. The third kappa shape index (κ3) is 6.86. The zero-order valence-corrected chi connectivity index (χ0v) is 15.5. The van der Waals surface area contributed by atoms with E-state index in [1.54, 1.807) is 31.2 Å². The van der Waals surface area contributed by atoms with E-state index >= 15 is 0 Å². The van der Waals surface area contributed by atoms with Crippen LogP contribution in [-0.2, 0) is 25.5 Å². The molecule has 0 aliphatic heterocycles. The van der Waals surface area contributed by atoms with Crippen molar-refractivity contribution < 1.29 is 19.1 Å². The summed E-state index contributed by atoms with van der Waals surface area (Å²) < 4.78 is 5.26. The summed E-state index contributed by atoms with van der Waals surface area (Å²) in [6.45, 7) is 3.04. The van der Waals surface area contributed by atoms with Crippen LogP contribution >= 0.6 is 0 Å². The number of esters is 1. The second-order valence-electron chi connectivity index (χ2n) is 6.88. The van der Waals surface area contributed by atoms with E-state index in [9.17, 15) is 14.4 Å². The maximum absolute atomic E-state index is 12.2. The van der Waals surface area contributed by atoms with Crippen molar-refractivity contribution >= 4 is 23.5 Å². The quantitative estimate of drug-likeness (QED) is 0.603. The van der Waals surface area contributed by atoms with Gasteiger partial charge in [-0.3, -0.25) is 14.4 Å². The van der Waals surface area contributed by atoms with Gasteiger partial charge >= 0.3 is 5.97 Å². The van der Waals surface area contributed by atoms with Gasteiger partial charge in [-0.05, 0) is 37.5 Å². The van der Waals surface area contributed by atoms with Crippen molar-refractivity contribution in [2.75, 3.05) is 5.32 Å². The van der Waals surface area contributed by atoms with Gasteiger partial charge in [-0.15, -0.1) is 0 Å². The molecule has 1 atom stereocenters.